The van der Waals surface area contributed by atoms with Crippen LogP contribution in [0.2, 0.25) is 0 Å². The molecule has 1 aromatic rings. The second-order valence-electron chi connectivity index (χ2n) is 8.33. The summed E-state index contributed by atoms with van der Waals surface area (Å²) in [5.41, 5.74) is 0.518. The van der Waals surface area contributed by atoms with Crippen LogP contribution in [0.5, 0.6) is 0 Å². The number of carbonyl (C=O) groups is 2. The van der Waals surface area contributed by atoms with Crippen LogP contribution >= 0.6 is 0 Å². The molecule has 3 aliphatic rings. The van der Waals surface area contributed by atoms with Gasteiger partial charge in [-0.15, -0.1) is 0 Å². The Balaban J connectivity index is 1.41. The highest BCUT2D eigenvalue weighted by Gasteiger charge is 2.38. The van der Waals surface area contributed by atoms with Gasteiger partial charge in [-0.05, 0) is 32.6 Å². The molecule has 2 amide bonds. The molecule has 0 N–H and O–H groups in total. The van der Waals surface area contributed by atoms with Crippen LogP contribution in [-0.4, -0.2) is 95.0 Å². The van der Waals surface area contributed by atoms with Crippen LogP contribution in [-0.2, 0) is 9.53 Å². The maximum absolute atomic E-state index is 13.0. The van der Waals surface area contributed by atoms with Crippen LogP contribution in [0.1, 0.15) is 41.9 Å². The third-order valence-electron chi connectivity index (χ3n) is 6.12. The van der Waals surface area contributed by atoms with E-state index < -0.39 is 0 Å². The van der Waals surface area contributed by atoms with Gasteiger partial charge in [-0.2, -0.15) is 0 Å². The lowest BCUT2D eigenvalue weighted by Crippen LogP contribution is -2.54. The highest BCUT2D eigenvalue weighted by Crippen LogP contribution is 2.32. The minimum atomic E-state index is -0.0401. The topological polar surface area (TPSA) is 78.9 Å². The molecule has 8 heteroatoms. The van der Waals surface area contributed by atoms with Crippen molar-refractivity contribution in [1.82, 2.24) is 24.7 Å². The number of nitrogens with zero attached hydrogens (tertiary/aromatic N) is 5. The molecule has 29 heavy (non-hydrogen) atoms. The number of carbonyl (C=O) groups excluding carboxylic acids is 2. The first-order chi connectivity index (χ1) is 14.1. The maximum Gasteiger partial charge on any atom is 0.257 e. The van der Waals surface area contributed by atoms with Gasteiger partial charge in [0, 0.05) is 63.6 Å². The average molecular weight is 402 g/mol. The van der Waals surface area contributed by atoms with E-state index in [0.29, 0.717) is 17.9 Å². The number of likely N-dealkylation sites (tertiary alicyclic amines) is 1. The first-order valence-corrected chi connectivity index (χ1v) is 10.8. The third kappa shape index (κ3) is 5.11. The Kier molecular flexibility index (Phi) is 6.40. The van der Waals surface area contributed by atoms with E-state index >= 15 is 0 Å². The van der Waals surface area contributed by atoms with E-state index in [1.807, 2.05) is 4.90 Å². The summed E-state index contributed by atoms with van der Waals surface area (Å²) >= 11 is 0. The standard InChI is InChI=1S/C21H31N5O3/c1-16-22-13-18(14-23-16)20(27)25-6-2-3-19(15-25)26(21(28)17-4-5-17)8-7-24-9-11-29-12-10-24/h13-14,17,19H,2-12,15H2,1H3. The molecule has 4 rings (SSSR count). The molecule has 1 saturated carbocycles. The van der Waals surface area contributed by atoms with Crippen LogP contribution in [0.15, 0.2) is 12.4 Å². The van der Waals surface area contributed by atoms with Crippen molar-refractivity contribution in [3.8, 4) is 0 Å². The minimum absolute atomic E-state index is 0.0401. The van der Waals surface area contributed by atoms with Crippen LogP contribution in [0.3, 0.4) is 0 Å². The third-order valence-corrected chi connectivity index (χ3v) is 6.12. The zero-order valence-electron chi connectivity index (χ0n) is 17.3. The van der Waals surface area contributed by atoms with Crippen LogP contribution in [0.4, 0.5) is 0 Å². The largest absolute Gasteiger partial charge is 0.379 e. The minimum Gasteiger partial charge on any atom is -0.379 e. The predicted octanol–water partition coefficient (Wildman–Crippen LogP) is 0.960. The first kappa shape index (κ1) is 20.2. The highest BCUT2D eigenvalue weighted by molar-refractivity contribution is 5.93. The number of rotatable bonds is 6. The molecule has 0 radical (unpaired) electrons. The normalized spacial score (nSPS) is 23.1. The molecule has 0 aromatic carbocycles. The van der Waals surface area contributed by atoms with Gasteiger partial charge >= 0.3 is 0 Å². The summed E-state index contributed by atoms with van der Waals surface area (Å²) < 4.78 is 5.43. The zero-order chi connectivity index (χ0) is 20.2. The van der Waals surface area contributed by atoms with Crippen molar-refractivity contribution < 1.29 is 14.3 Å². The number of ether oxygens (including phenoxy) is 1. The van der Waals surface area contributed by atoms with E-state index in [2.05, 4.69) is 19.8 Å². The molecule has 3 heterocycles. The first-order valence-electron chi connectivity index (χ1n) is 10.8. The molecular weight excluding hydrogens is 370 g/mol. The Bertz CT molecular complexity index is 716. The Morgan fingerprint density at radius 2 is 1.86 bits per heavy atom. The summed E-state index contributed by atoms with van der Waals surface area (Å²) in [5.74, 6) is 1.08. The van der Waals surface area contributed by atoms with E-state index in [9.17, 15) is 9.59 Å². The quantitative estimate of drug-likeness (QED) is 0.707. The summed E-state index contributed by atoms with van der Waals surface area (Å²) in [6.07, 6.45) is 7.07. The molecular formula is C21H31N5O3. The summed E-state index contributed by atoms with van der Waals surface area (Å²) in [6, 6.07) is 0.0909. The summed E-state index contributed by atoms with van der Waals surface area (Å²) in [4.78, 5) is 40.5. The van der Waals surface area contributed by atoms with Gasteiger partial charge in [-0.1, -0.05) is 0 Å². The molecule has 0 spiro atoms. The maximum atomic E-state index is 13.0. The van der Waals surface area contributed by atoms with Crippen molar-refractivity contribution in [3.63, 3.8) is 0 Å². The van der Waals surface area contributed by atoms with Gasteiger partial charge in [0.1, 0.15) is 5.82 Å². The summed E-state index contributed by atoms with van der Waals surface area (Å²) in [7, 11) is 0. The Morgan fingerprint density at radius 3 is 2.55 bits per heavy atom. The van der Waals surface area contributed by atoms with Gasteiger partial charge < -0.3 is 14.5 Å². The number of aromatic nitrogens is 2. The van der Waals surface area contributed by atoms with Gasteiger partial charge in [0.25, 0.3) is 5.91 Å². The van der Waals surface area contributed by atoms with Crippen molar-refractivity contribution >= 4 is 11.8 Å². The number of aryl methyl sites for hydroxylation is 1. The summed E-state index contributed by atoms with van der Waals surface area (Å²) in [6.45, 7) is 8.10. The Morgan fingerprint density at radius 1 is 1.14 bits per heavy atom. The van der Waals surface area contributed by atoms with Gasteiger partial charge in [-0.25, -0.2) is 9.97 Å². The molecule has 158 valence electrons. The van der Waals surface area contributed by atoms with Crippen molar-refractivity contribution in [1.29, 1.82) is 0 Å². The fourth-order valence-electron chi connectivity index (χ4n) is 4.19. The lowest BCUT2D eigenvalue weighted by molar-refractivity contribution is -0.136. The van der Waals surface area contributed by atoms with Crippen molar-refractivity contribution in [3.05, 3.63) is 23.8 Å². The van der Waals surface area contributed by atoms with Crippen molar-refractivity contribution in [2.24, 2.45) is 5.92 Å². The SMILES string of the molecule is Cc1ncc(C(=O)N2CCCC(N(CCN3CCOCC3)C(=O)C3CC3)C2)cn1. The molecule has 1 aromatic heterocycles. The smallest absolute Gasteiger partial charge is 0.257 e. The second kappa shape index (κ2) is 9.17. The zero-order valence-corrected chi connectivity index (χ0v) is 17.3. The molecule has 8 nitrogen and oxygen atoms in total. The number of amides is 2. The molecule has 1 unspecified atom stereocenters. The van der Waals surface area contributed by atoms with Crippen LogP contribution in [0, 0.1) is 12.8 Å². The molecule has 0 bridgehead atoms. The average Bonchev–Trinajstić information content (AvgIpc) is 3.60. The van der Waals surface area contributed by atoms with Crippen LogP contribution < -0.4 is 0 Å². The molecule has 2 saturated heterocycles. The van der Waals surface area contributed by atoms with Crippen molar-refractivity contribution in [2.45, 2.75) is 38.6 Å². The lowest BCUT2D eigenvalue weighted by Gasteiger charge is -2.40. The van der Waals surface area contributed by atoms with E-state index in [1.54, 1.807) is 19.3 Å². The van der Waals surface area contributed by atoms with Crippen LogP contribution in [0.25, 0.3) is 0 Å². The Hall–Kier alpha value is -2.06. The molecule has 3 fully saturated rings. The molecule has 2 aliphatic heterocycles. The Labute approximate surface area is 172 Å². The van der Waals surface area contributed by atoms with E-state index in [-0.39, 0.29) is 23.8 Å². The van der Waals surface area contributed by atoms with Gasteiger partial charge in [0.2, 0.25) is 5.91 Å². The van der Waals surface area contributed by atoms with Crippen molar-refractivity contribution in [2.75, 3.05) is 52.5 Å². The number of hydrogen-bond acceptors (Lipinski definition) is 6. The number of morpholine rings is 1. The number of piperidine rings is 1. The summed E-state index contributed by atoms with van der Waals surface area (Å²) in [5, 5.41) is 0. The molecule has 1 aliphatic carbocycles. The second-order valence-corrected chi connectivity index (χ2v) is 8.33. The predicted molar refractivity (Wildman–Crippen MR) is 107 cm³/mol. The van der Waals surface area contributed by atoms with Gasteiger partial charge in [0.05, 0.1) is 18.8 Å². The van der Waals surface area contributed by atoms with Gasteiger partial charge in [-0.3, -0.25) is 14.5 Å². The fourth-order valence-corrected chi connectivity index (χ4v) is 4.19. The lowest BCUT2D eigenvalue weighted by atomic mass is 10.0. The number of hydrogen-bond donors (Lipinski definition) is 0. The fraction of sp³-hybridized carbons (Fsp3) is 0.714. The highest BCUT2D eigenvalue weighted by atomic mass is 16.5. The van der Waals surface area contributed by atoms with Gasteiger partial charge in [0.15, 0.2) is 0 Å². The monoisotopic (exact) mass is 401 g/mol. The van der Waals surface area contributed by atoms with E-state index in [1.165, 1.54) is 0 Å². The van der Waals surface area contributed by atoms with E-state index in [4.69, 9.17) is 4.74 Å². The van der Waals surface area contributed by atoms with E-state index in [0.717, 1.165) is 71.6 Å². The molecule has 1 atom stereocenters.